The monoisotopic (exact) mass is 316 g/mol. The molecule has 5 nitrogen and oxygen atoms in total. The van der Waals surface area contributed by atoms with Crippen molar-refractivity contribution in [3.63, 3.8) is 0 Å². The molecule has 3 saturated heterocycles. The van der Waals surface area contributed by atoms with Crippen molar-refractivity contribution in [3.05, 3.63) is 23.8 Å². The van der Waals surface area contributed by atoms with E-state index in [1.807, 2.05) is 18.2 Å². The standard InChI is InChI=1S/C18H24N2O3/c1-2-14-11-22-16-4-3-13(9-17(16)23-14)18(21)19-15-10-20-7-5-12(15)6-8-20/h3-4,9,12,14-15H,2,5-8,10-11H2,1H3,(H,19,21)/t14?,15-/m0/s1. The summed E-state index contributed by atoms with van der Waals surface area (Å²) in [6, 6.07) is 5.76. The van der Waals surface area contributed by atoms with E-state index in [1.165, 1.54) is 25.9 Å². The van der Waals surface area contributed by atoms with Crippen molar-refractivity contribution < 1.29 is 14.3 Å². The van der Waals surface area contributed by atoms with Crippen LogP contribution in [0.3, 0.4) is 0 Å². The fraction of sp³-hybridized carbons (Fsp3) is 0.611. The summed E-state index contributed by atoms with van der Waals surface area (Å²) in [6.45, 7) is 6.00. The second-order valence-electron chi connectivity index (χ2n) is 6.84. The Morgan fingerprint density at radius 3 is 2.83 bits per heavy atom. The van der Waals surface area contributed by atoms with E-state index >= 15 is 0 Å². The molecule has 0 aliphatic carbocycles. The maximum absolute atomic E-state index is 12.6. The smallest absolute Gasteiger partial charge is 0.251 e. The molecule has 0 saturated carbocycles. The van der Waals surface area contributed by atoms with Crippen LogP contribution in [0.4, 0.5) is 0 Å². The summed E-state index contributed by atoms with van der Waals surface area (Å²) in [5, 5.41) is 3.22. The van der Waals surface area contributed by atoms with Crippen LogP contribution in [0.15, 0.2) is 18.2 Å². The number of fused-ring (bicyclic) bond motifs is 4. The lowest BCUT2D eigenvalue weighted by Crippen LogP contribution is -2.57. The van der Waals surface area contributed by atoms with Crippen LogP contribution < -0.4 is 14.8 Å². The van der Waals surface area contributed by atoms with Gasteiger partial charge in [0.1, 0.15) is 12.7 Å². The van der Waals surface area contributed by atoms with E-state index in [1.54, 1.807) is 0 Å². The van der Waals surface area contributed by atoms with Crippen LogP contribution in [0.25, 0.3) is 0 Å². The van der Waals surface area contributed by atoms with E-state index in [9.17, 15) is 4.79 Å². The van der Waals surface area contributed by atoms with Crippen LogP contribution in [-0.4, -0.2) is 49.2 Å². The molecule has 1 aromatic carbocycles. The first kappa shape index (κ1) is 14.8. The van der Waals surface area contributed by atoms with E-state index in [2.05, 4.69) is 17.1 Å². The lowest BCUT2D eigenvalue weighted by Gasteiger charge is -2.44. The molecule has 4 aliphatic heterocycles. The van der Waals surface area contributed by atoms with Crippen LogP contribution in [0.1, 0.15) is 36.5 Å². The minimum Gasteiger partial charge on any atom is -0.486 e. The molecule has 5 rings (SSSR count). The topological polar surface area (TPSA) is 50.8 Å². The molecule has 1 unspecified atom stereocenters. The van der Waals surface area contributed by atoms with Gasteiger partial charge in [0.15, 0.2) is 11.5 Å². The molecule has 1 N–H and O–H groups in total. The SMILES string of the molecule is CCC1COc2ccc(C(=O)N[C@H]3CN4CCC3CC4)cc2O1. The average Bonchev–Trinajstić information content (AvgIpc) is 2.61. The number of benzene rings is 1. The van der Waals surface area contributed by atoms with Gasteiger partial charge in [0.25, 0.3) is 5.91 Å². The highest BCUT2D eigenvalue weighted by Crippen LogP contribution is 2.33. The van der Waals surface area contributed by atoms with E-state index in [0.29, 0.717) is 23.8 Å². The molecular formula is C18H24N2O3. The summed E-state index contributed by atoms with van der Waals surface area (Å²) in [5.74, 6) is 2.04. The Hall–Kier alpha value is -1.75. The van der Waals surface area contributed by atoms with Gasteiger partial charge in [-0.2, -0.15) is 0 Å². The van der Waals surface area contributed by atoms with E-state index in [4.69, 9.17) is 9.47 Å². The third kappa shape index (κ3) is 2.90. The largest absolute Gasteiger partial charge is 0.486 e. The van der Waals surface area contributed by atoms with Crippen molar-refractivity contribution in [2.24, 2.45) is 5.92 Å². The molecule has 0 aromatic heterocycles. The number of nitrogens with zero attached hydrogens (tertiary/aromatic N) is 1. The highest BCUT2D eigenvalue weighted by atomic mass is 16.6. The number of carbonyl (C=O) groups is 1. The van der Waals surface area contributed by atoms with Gasteiger partial charge in [-0.3, -0.25) is 4.79 Å². The highest BCUT2D eigenvalue weighted by Gasteiger charge is 2.35. The lowest BCUT2D eigenvalue weighted by molar-refractivity contribution is 0.0618. The molecule has 4 aliphatic rings. The van der Waals surface area contributed by atoms with Gasteiger partial charge in [-0.15, -0.1) is 0 Å². The lowest BCUT2D eigenvalue weighted by atomic mass is 9.84. The predicted octanol–water partition coefficient (Wildman–Crippen LogP) is 2.06. The molecule has 1 amide bonds. The van der Waals surface area contributed by atoms with Crippen LogP contribution in [0.2, 0.25) is 0 Å². The zero-order valence-electron chi connectivity index (χ0n) is 13.6. The Balaban J connectivity index is 1.46. The molecule has 5 heteroatoms. The predicted molar refractivity (Wildman–Crippen MR) is 87.1 cm³/mol. The summed E-state index contributed by atoms with van der Waals surface area (Å²) in [5.41, 5.74) is 0.653. The maximum atomic E-state index is 12.6. The quantitative estimate of drug-likeness (QED) is 0.927. The first-order valence-electron chi connectivity index (χ1n) is 8.69. The number of hydrogen-bond donors (Lipinski definition) is 1. The van der Waals surface area contributed by atoms with Crippen LogP contribution in [-0.2, 0) is 0 Å². The first-order chi connectivity index (χ1) is 11.2. The Kier molecular flexibility index (Phi) is 3.89. The molecule has 4 heterocycles. The van der Waals surface area contributed by atoms with Crippen LogP contribution in [0, 0.1) is 5.92 Å². The summed E-state index contributed by atoms with van der Waals surface area (Å²) >= 11 is 0. The number of rotatable bonds is 3. The zero-order chi connectivity index (χ0) is 15.8. The Morgan fingerprint density at radius 1 is 1.30 bits per heavy atom. The molecular weight excluding hydrogens is 292 g/mol. The molecule has 1 aromatic rings. The molecule has 0 radical (unpaired) electrons. The van der Waals surface area contributed by atoms with E-state index in [0.717, 1.165) is 18.7 Å². The van der Waals surface area contributed by atoms with Gasteiger partial charge < -0.3 is 19.7 Å². The average molecular weight is 316 g/mol. The second kappa shape index (κ2) is 6.04. The first-order valence-corrected chi connectivity index (χ1v) is 8.69. The van der Waals surface area contributed by atoms with Gasteiger partial charge in [0.2, 0.25) is 0 Å². The van der Waals surface area contributed by atoms with Gasteiger partial charge in [-0.25, -0.2) is 0 Å². The Labute approximate surface area is 136 Å². The normalized spacial score (nSPS) is 31.7. The molecule has 3 fully saturated rings. The molecule has 23 heavy (non-hydrogen) atoms. The summed E-state index contributed by atoms with van der Waals surface area (Å²) < 4.78 is 11.6. The van der Waals surface area contributed by atoms with Crippen LogP contribution in [0.5, 0.6) is 11.5 Å². The van der Waals surface area contributed by atoms with Gasteiger partial charge in [-0.1, -0.05) is 6.92 Å². The van der Waals surface area contributed by atoms with Gasteiger partial charge in [0.05, 0.1) is 0 Å². The Morgan fingerprint density at radius 2 is 2.13 bits per heavy atom. The minimum atomic E-state index is -0.00577. The molecule has 124 valence electrons. The summed E-state index contributed by atoms with van der Waals surface area (Å²) in [7, 11) is 0. The van der Waals surface area contributed by atoms with Crippen molar-refractivity contribution >= 4 is 5.91 Å². The van der Waals surface area contributed by atoms with Crippen molar-refractivity contribution in [3.8, 4) is 11.5 Å². The van der Waals surface area contributed by atoms with E-state index in [-0.39, 0.29) is 18.1 Å². The number of hydrogen-bond acceptors (Lipinski definition) is 4. The summed E-state index contributed by atoms with van der Waals surface area (Å²) in [6.07, 6.45) is 3.37. The maximum Gasteiger partial charge on any atom is 0.251 e. The number of piperidine rings is 3. The third-order valence-electron chi connectivity index (χ3n) is 5.35. The van der Waals surface area contributed by atoms with Crippen molar-refractivity contribution in [2.45, 2.75) is 38.3 Å². The fourth-order valence-electron chi connectivity index (χ4n) is 3.84. The highest BCUT2D eigenvalue weighted by molar-refractivity contribution is 5.95. The van der Waals surface area contributed by atoms with Crippen molar-refractivity contribution in [1.29, 1.82) is 0 Å². The fourth-order valence-corrected chi connectivity index (χ4v) is 3.84. The Bertz CT molecular complexity index is 596. The number of amides is 1. The van der Waals surface area contributed by atoms with Gasteiger partial charge in [-0.05, 0) is 56.5 Å². The van der Waals surface area contributed by atoms with Crippen LogP contribution >= 0.6 is 0 Å². The minimum absolute atomic E-state index is 0.00577. The number of carbonyl (C=O) groups excluding carboxylic acids is 1. The molecule has 2 bridgehead atoms. The number of ether oxygens (including phenoxy) is 2. The third-order valence-corrected chi connectivity index (χ3v) is 5.35. The molecule has 2 atom stereocenters. The van der Waals surface area contributed by atoms with Crippen molar-refractivity contribution in [1.82, 2.24) is 10.2 Å². The van der Waals surface area contributed by atoms with Crippen molar-refractivity contribution in [2.75, 3.05) is 26.2 Å². The summed E-state index contributed by atoms with van der Waals surface area (Å²) in [4.78, 5) is 15.0. The second-order valence-corrected chi connectivity index (χ2v) is 6.84. The zero-order valence-corrected chi connectivity index (χ0v) is 13.6. The van der Waals surface area contributed by atoms with Gasteiger partial charge in [0, 0.05) is 18.2 Å². The molecule has 0 spiro atoms. The van der Waals surface area contributed by atoms with Gasteiger partial charge >= 0.3 is 0 Å². The van der Waals surface area contributed by atoms with E-state index < -0.39 is 0 Å². The number of nitrogens with one attached hydrogen (secondary N) is 1.